The predicted octanol–water partition coefficient (Wildman–Crippen LogP) is 6.85. The number of thioether (sulfide) groups is 1. The van der Waals surface area contributed by atoms with Gasteiger partial charge in [-0.2, -0.15) is 0 Å². The van der Waals surface area contributed by atoms with Gasteiger partial charge in [0.05, 0.1) is 6.61 Å². The van der Waals surface area contributed by atoms with Crippen molar-refractivity contribution in [3.05, 3.63) is 96.1 Å². The maximum atomic E-state index is 13.9. The molecule has 0 saturated heterocycles. The van der Waals surface area contributed by atoms with Crippen LogP contribution in [0, 0.1) is 12.3 Å². The lowest BCUT2D eigenvalue weighted by Crippen LogP contribution is -2.17. The van der Waals surface area contributed by atoms with Crippen LogP contribution in [-0.2, 0) is 9.52 Å². The fraction of sp³-hybridized carbons (Fsp3) is 0.172. The molecule has 4 aromatic carbocycles. The number of hydrogen-bond acceptors (Lipinski definition) is 5. The summed E-state index contributed by atoms with van der Waals surface area (Å²) in [5, 5.41) is 13.8. The second-order valence-corrected chi connectivity index (χ2v) is 11.7. The van der Waals surface area contributed by atoms with Crippen molar-refractivity contribution in [2.24, 2.45) is 0 Å². The van der Waals surface area contributed by atoms with Gasteiger partial charge in [0.25, 0.3) is 0 Å². The largest absolute Gasteiger partial charge is 0.494 e. The molecule has 0 aromatic heterocycles. The molecule has 4 nitrogen and oxygen atoms in total. The summed E-state index contributed by atoms with van der Waals surface area (Å²) < 4.78 is 19.9. The molecule has 0 amide bonds. The van der Waals surface area contributed by atoms with Crippen molar-refractivity contribution in [2.45, 2.75) is 23.1 Å². The number of aryl methyl sites for hydroxylation is 1. The van der Waals surface area contributed by atoms with E-state index in [2.05, 4.69) is 42.4 Å². The molecule has 1 atom stereocenters. The lowest BCUT2D eigenvalue weighted by atomic mass is 10.1. The molecule has 0 aliphatic rings. The van der Waals surface area contributed by atoms with Crippen LogP contribution in [0.2, 0.25) is 0 Å². The van der Waals surface area contributed by atoms with E-state index in [0.29, 0.717) is 28.5 Å². The Morgan fingerprint density at radius 2 is 1.77 bits per heavy atom. The summed E-state index contributed by atoms with van der Waals surface area (Å²) in [5.41, 5.74) is 2.51. The molecule has 180 valence electrons. The lowest BCUT2D eigenvalue weighted by molar-refractivity contribution is 0.318. The standard InChI is InChI=1S/C29H30N2O2S2/c1-21-12-15-24(16-13-21)34-19-7-18-33-23-14-17-27(31-2)26(20-23)29(30)35(3,32)28-11-6-9-22-8-4-5-10-25(22)28/h4-6,8-17,20,30-31H,3,7,18-19H2,1-2H3. The molecule has 2 N–H and O–H groups in total. The summed E-state index contributed by atoms with van der Waals surface area (Å²) in [7, 11) is -1.26. The third-order valence-electron chi connectivity index (χ3n) is 5.79. The minimum atomic E-state index is -3.05. The first-order chi connectivity index (χ1) is 16.9. The molecule has 0 spiro atoms. The number of ether oxygens (including phenoxy) is 1. The Kier molecular flexibility index (Phi) is 7.83. The molecule has 0 saturated carbocycles. The highest BCUT2D eigenvalue weighted by molar-refractivity contribution is 8.14. The molecule has 6 heteroatoms. The van der Waals surface area contributed by atoms with E-state index in [9.17, 15) is 4.21 Å². The Labute approximate surface area is 212 Å². The van der Waals surface area contributed by atoms with Crippen LogP contribution in [0.1, 0.15) is 17.5 Å². The van der Waals surface area contributed by atoms with Gasteiger partial charge in [-0.1, -0.05) is 54.1 Å². The maximum absolute atomic E-state index is 13.9. The van der Waals surface area contributed by atoms with E-state index in [1.807, 2.05) is 60.3 Å². The molecule has 4 aromatic rings. The smallest absolute Gasteiger partial charge is 0.124 e. The van der Waals surface area contributed by atoms with Crippen molar-refractivity contribution in [3.63, 3.8) is 0 Å². The van der Waals surface area contributed by atoms with Gasteiger partial charge in [0, 0.05) is 43.4 Å². The van der Waals surface area contributed by atoms with Crippen molar-refractivity contribution >= 4 is 48.7 Å². The Balaban J connectivity index is 1.49. The lowest BCUT2D eigenvalue weighted by Gasteiger charge is -2.17. The summed E-state index contributed by atoms with van der Waals surface area (Å²) in [5.74, 6) is 5.63. The molecule has 0 heterocycles. The Morgan fingerprint density at radius 1 is 1.03 bits per heavy atom. The van der Waals surface area contributed by atoms with Crippen molar-refractivity contribution in [1.29, 1.82) is 5.41 Å². The summed E-state index contributed by atoms with van der Waals surface area (Å²) in [4.78, 5) is 1.82. The Hall–Kier alpha value is -3.22. The maximum Gasteiger partial charge on any atom is 0.124 e. The summed E-state index contributed by atoms with van der Waals surface area (Å²) >= 11 is 1.81. The predicted molar refractivity (Wildman–Crippen MR) is 152 cm³/mol. The number of fused-ring (bicyclic) bond motifs is 1. The highest BCUT2D eigenvalue weighted by Crippen LogP contribution is 2.30. The molecule has 1 unspecified atom stereocenters. The second kappa shape index (κ2) is 11.0. The van der Waals surface area contributed by atoms with Crippen molar-refractivity contribution in [1.82, 2.24) is 0 Å². The topological polar surface area (TPSA) is 62.2 Å². The van der Waals surface area contributed by atoms with Crippen LogP contribution >= 0.6 is 11.8 Å². The van der Waals surface area contributed by atoms with Gasteiger partial charge in [0.15, 0.2) is 0 Å². The van der Waals surface area contributed by atoms with E-state index in [1.54, 1.807) is 19.2 Å². The van der Waals surface area contributed by atoms with Crippen LogP contribution < -0.4 is 10.1 Å². The summed E-state index contributed by atoms with van der Waals surface area (Å²) in [6.07, 6.45) is 0.890. The van der Waals surface area contributed by atoms with Crippen LogP contribution in [0.3, 0.4) is 0 Å². The monoisotopic (exact) mass is 502 g/mol. The Bertz CT molecular complexity index is 1440. The SMILES string of the molecule is C=S(=O)(C(=N)c1cc(OCCCSc2ccc(C)cc2)ccc1NC)c1cccc2ccccc12. The molecule has 0 bridgehead atoms. The first-order valence-corrected chi connectivity index (χ1v) is 14.2. The minimum absolute atomic E-state index is 0.0152. The van der Waals surface area contributed by atoms with Crippen molar-refractivity contribution in [3.8, 4) is 5.75 Å². The van der Waals surface area contributed by atoms with E-state index in [1.165, 1.54) is 10.5 Å². The second-order valence-electron chi connectivity index (χ2n) is 8.30. The third kappa shape index (κ3) is 5.72. The first-order valence-electron chi connectivity index (χ1n) is 11.5. The molecule has 0 aliphatic carbocycles. The average molecular weight is 503 g/mol. The number of benzene rings is 4. The molecular weight excluding hydrogens is 472 g/mol. The van der Waals surface area contributed by atoms with E-state index < -0.39 is 9.52 Å². The zero-order valence-corrected chi connectivity index (χ0v) is 21.7. The van der Waals surface area contributed by atoms with Gasteiger partial charge in [-0.3, -0.25) is 9.62 Å². The number of rotatable bonds is 9. The van der Waals surface area contributed by atoms with Crippen LogP contribution in [-0.4, -0.2) is 34.5 Å². The van der Waals surface area contributed by atoms with Gasteiger partial charge in [0.2, 0.25) is 0 Å². The fourth-order valence-electron chi connectivity index (χ4n) is 3.86. The molecule has 0 fully saturated rings. The first kappa shape index (κ1) is 24.9. The zero-order chi connectivity index (χ0) is 24.8. The van der Waals surface area contributed by atoms with Gasteiger partial charge < -0.3 is 10.1 Å². The van der Waals surface area contributed by atoms with Gasteiger partial charge in [0.1, 0.15) is 10.8 Å². The summed E-state index contributed by atoms with van der Waals surface area (Å²) in [6.45, 7) is 2.65. The van der Waals surface area contributed by atoms with Crippen molar-refractivity contribution < 1.29 is 8.95 Å². The van der Waals surface area contributed by atoms with Crippen LogP contribution in [0.25, 0.3) is 10.8 Å². The van der Waals surface area contributed by atoms with Gasteiger partial charge in [-0.05, 0) is 66.4 Å². The van der Waals surface area contributed by atoms with E-state index >= 15 is 0 Å². The van der Waals surface area contributed by atoms with E-state index in [4.69, 9.17) is 10.1 Å². The van der Waals surface area contributed by atoms with E-state index in [-0.39, 0.29) is 5.04 Å². The molecule has 0 aliphatic heterocycles. The number of nitrogens with one attached hydrogen (secondary N) is 2. The quantitative estimate of drug-likeness (QED) is 0.0864. The number of hydrogen-bond donors (Lipinski definition) is 2. The van der Waals surface area contributed by atoms with Gasteiger partial charge in [-0.15, -0.1) is 11.8 Å². The van der Waals surface area contributed by atoms with Crippen LogP contribution in [0.15, 0.2) is 94.7 Å². The average Bonchev–Trinajstić information content (AvgIpc) is 2.88. The van der Waals surface area contributed by atoms with Gasteiger partial charge in [-0.25, -0.2) is 0 Å². The van der Waals surface area contributed by atoms with E-state index in [0.717, 1.165) is 22.9 Å². The number of anilines is 1. The minimum Gasteiger partial charge on any atom is -0.494 e. The zero-order valence-electron chi connectivity index (χ0n) is 20.0. The Morgan fingerprint density at radius 3 is 2.54 bits per heavy atom. The highest BCUT2D eigenvalue weighted by Gasteiger charge is 2.21. The normalized spacial score (nSPS) is 12.7. The summed E-state index contributed by atoms with van der Waals surface area (Å²) in [6, 6.07) is 27.4. The molecule has 0 radical (unpaired) electrons. The van der Waals surface area contributed by atoms with Crippen LogP contribution in [0.4, 0.5) is 5.69 Å². The molecular formula is C29H30N2O2S2. The van der Waals surface area contributed by atoms with Crippen molar-refractivity contribution in [2.75, 3.05) is 24.7 Å². The molecule has 35 heavy (non-hydrogen) atoms. The fourth-order valence-corrected chi connectivity index (χ4v) is 6.27. The molecule has 4 rings (SSSR count). The van der Waals surface area contributed by atoms with Crippen LogP contribution in [0.5, 0.6) is 5.75 Å². The van der Waals surface area contributed by atoms with Gasteiger partial charge >= 0.3 is 0 Å². The third-order valence-corrected chi connectivity index (χ3v) is 8.83. The highest BCUT2D eigenvalue weighted by atomic mass is 32.2.